The summed E-state index contributed by atoms with van der Waals surface area (Å²) < 4.78 is 0. The largest absolute Gasteiger partial charge is 0.299 e. The van der Waals surface area contributed by atoms with Crippen LogP contribution in [0.25, 0.3) is 0 Å². The molecule has 0 aromatic heterocycles. The van der Waals surface area contributed by atoms with Crippen molar-refractivity contribution in [3.05, 3.63) is 12.2 Å². The third-order valence-electron chi connectivity index (χ3n) is 3.57. The van der Waals surface area contributed by atoms with Gasteiger partial charge in [-0.05, 0) is 24.7 Å². The van der Waals surface area contributed by atoms with Gasteiger partial charge in [-0.15, -0.1) is 0 Å². The molecule has 66 valence electrons. The van der Waals surface area contributed by atoms with Crippen molar-refractivity contribution in [2.75, 3.05) is 0 Å². The van der Waals surface area contributed by atoms with Crippen molar-refractivity contribution in [3.63, 3.8) is 0 Å². The maximum atomic E-state index is 11.6. The second-order valence-corrected chi connectivity index (χ2v) is 5.18. The molecular formula is C11H16O. The number of fused-ring (bicyclic) bond motifs is 2. The predicted octanol–water partition coefficient (Wildman–Crippen LogP) is 2.57. The van der Waals surface area contributed by atoms with Crippen LogP contribution >= 0.6 is 0 Å². The highest BCUT2D eigenvalue weighted by Gasteiger charge is 2.49. The van der Waals surface area contributed by atoms with Crippen LogP contribution in [0.4, 0.5) is 0 Å². The summed E-state index contributed by atoms with van der Waals surface area (Å²) >= 11 is 0. The van der Waals surface area contributed by atoms with E-state index in [0.29, 0.717) is 17.1 Å². The lowest BCUT2D eigenvalue weighted by Gasteiger charge is -2.48. The molecule has 1 saturated carbocycles. The van der Waals surface area contributed by atoms with Crippen LogP contribution in [-0.4, -0.2) is 5.78 Å². The average Bonchev–Trinajstić information content (AvgIpc) is 1.91. The minimum atomic E-state index is -0.141. The summed E-state index contributed by atoms with van der Waals surface area (Å²) in [5.41, 5.74) is 0.190. The summed E-state index contributed by atoms with van der Waals surface area (Å²) in [4.78, 5) is 11.6. The van der Waals surface area contributed by atoms with E-state index >= 15 is 0 Å². The van der Waals surface area contributed by atoms with Gasteiger partial charge in [-0.3, -0.25) is 4.79 Å². The monoisotopic (exact) mass is 164 g/mol. The molecule has 0 aromatic carbocycles. The molecule has 0 aliphatic heterocycles. The molecule has 2 bridgehead atoms. The Bertz CT molecular complexity index is 262. The van der Waals surface area contributed by atoms with Gasteiger partial charge in [0.1, 0.15) is 5.78 Å². The molecule has 12 heavy (non-hydrogen) atoms. The maximum absolute atomic E-state index is 11.6. The quantitative estimate of drug-likeness (QED) is 0.503. The van der Waals surface area contributed by atoms with Crippen molar-refractivity contribution in [1.29, 1.82) is 0 Å². The van der Waals surface area contributed by atoms with Crippen molar-refractivity contribution >= 4 is 5.78 Å². The fourth-order valence-corrected chi connectivity index (χ4v) is 2.69. The second kappa shape index (κ2) is 2.01. The standard InChI is InChI=1S/C11H16O/c1-10(2)7-11(3)5-4-8(10)6-9(11)12/h4-5,8H,6-7H2,1-3H3. The van der Waals surface area contributed by atoms with E-state index in [4.69, 9.17) is 0 Å². The van der Waals surface area contributed by atoms with E-state index in [1.807, 2.05) is 0 Å². The van der Waals surface area contributed by atoms with Crippen LogP contribution in [-0.2, 0) is 4.79 Å². The molecule has 0 N–H and O–H groups in total. The van der Waals surface area contributed by atoms with E-state index in [1.165, 1.54) is 0 Å². The number of hydrogen-bond acceptors (Lipinski definition) is 1. The van der Waals surface area contributed by atoms with Crippen LogP contribution in [0, 0.1) is 16.7 Å². The summed E-state index contributed by atoms with van der Waals surface area (Å²) in [6.07, 6.45) is 6.15. The summed E-state index contributed by atoms with van der Waals surface area (Å²) in [5, 5.41) is 0. The molecule has 1 nitrogen and oxygen atoms in total. The Morgan fingerprint density at radius 3 is 2.42 bits per heavy atom. The van der Waals surface area contributed by atoms with E-state index in [2.05, 4.69) is 32.9 Å². The van der Waals surface area contributed by atoms with E-state index in [-0.39, 0.29) is 5.41 Å². The van der Waals surface area contributed by atoms with Gasteiger partial charge < -0.3 is 0 Å². The highest BCUT2D eigenvalue weighted by molar-refractivity contribution is 5.89. The lowest BCUT2D eigenvalue weighted by atomic mass is 9.55. The number of ketones is 1. The van der Waals surface area contributed by atoms with Crippen molar-refractivity contribution < 1.29 is 4.79 Å². The topological polar surface area (TPSA) is 17.1 Å². The van der Waals surface area contributed by atoms with E-state index in [9.17, 15) is 4.79 Å². The van der Waals surface area contributed by atoms with Crippen molar-refractivity contribution in [2.24, 2.45) is 16.7 Å². The molecule has 0 heterocycles. The van der Waals surface area contributed by atoms with Gasteiger partial charge in [0.2, 0.25) is 0 Å². The summed E-state index contributed by atoms with van der Waals surface area (Å²) in [6.45, 7) is 6.61. The first-order valence-corrected chi connectivity index (χ1v) is 4.67. The number of carbonyl (C=O) groups excluding carboxylic acids is 1. The van der Waals surface area contributed by atoms with Gasteiger partial charge in [0.25, 0.3) is 0 Å². The Morgan fingerprint density at radius 1 is 1.42 bits per heavy atom. The van der Waals surface area contributed by atoms with Crippen LogP contribution in [0.2, 0.25) is 0 Å². The van der Waals surface area contributed by atoms with Gasteiger partial charge in [0.15, 0.2) is 0 Å². The number of carbonyl (C=O) groups is 1. The molecule has 2 unspecified atom stereocenters. The fraction of sp³-hybridized carbons (Fsp3) is 0.727. The van der Waals surface area contributed by atoms with Gasteiger partial charge in [-0.1, -0.05) is 26.0 Å². The second-order valence-electron chi connectivity index (χ2n) is 5.18. The van der Waals surface area contributed by atoms with Gasteiger partial charge in [0.05, 0.1) is 0 Å². The van der Waals surface area contributed by atoms with Crippen LogP contribution in [0.3, 0.4) is 0 Å². The molecule has 3 rings (SSSR count). The number of allylic oxidation sites excluding steroid dienone is 2. The van der Waals surface area contributed by atoms with E-state index < -0.39 is 0 Å². The van der Waals surface area contributed by atoms with E-state index in [1.54, 1.807) is 0 Å². The van der Waals surface area contributed by atoms with Crippen LogP contribution in [0.1, 0.15) is 33.6 Å². The first kappa shape index (κ1) is 8.03. The molecule has 0 spiro atoms. The SMILES string of the molecule is CC12C=CC(CC1=O)C(C)(C)C2. The minimum absolute atomic E-state index is 0.141. The molecule has 3 aliphatic rings. The lowest BCUT2D eigenvalue weighted by Crippen LogP contribution is -2.46. The predicted molar refractivity (Wildman–Crippen MR) is 48.8 cm³/mol. The fourth-order valence-electron chi connectivity index (χ4n) is 2.69. The van der Waals surface area contributed by atoms with Gasteiger partial charge in [-0.25, -0.2) is 0 Å². The summed E-state index contributed by atoms with van der Waals surface area (Å²) in [7, 11) is 0. The zero-order valence-corrected chi connectivity index (χ0v) is 8.05. The Morgan fingerprint density at radius 2 is 2.08 bits per heavy atom. The van der Waals surface area contributed by atoms with Gasteiger partial charge in [-0.2, -0.15) is 0 Å². The number of rotatable bonds is 0. The summed E-state index contributed by atoms with van der Waals surface area (Å²) in [5.74, 6) is 0.932. The molecular weight excluding hydrogens is 148 g/mol. The van der Waals surface area contributed by atoms with Crippen molar-refractivity contribution in [3.8, 4) is 0 Å². The molecule has 3 aliphatic carbocycles. The van der Waals surface area contributed by atoms with Crippen LogP contribution in [0.15, 0.2) is 12.2 Å². The maximum Gasteiger partial charge on any atom is 0.143 e. The highest BCUT2D eigenvalue weighted by atomic mass is 16.1. The van der Waals surface area contributed by atoms with Crippen LogP contribution in [0.5, 0.6) is 0 Å². The molecule has 1 heteroatoms. The van der Waals surface area contributed by atoms with E-state index in [0.717, 1.165) is 12.8 Å². The first-order chi connectivity index (χ1) is 5.44. The Balaban J connectivity index is 2.44. The van der Waals surface area contributed by atoms with Crippen LogP contribution < -0.4 is 0 Å². The zero-order chi connectivity index (χ0) is 8.98. The normalized spacial score (nSPS) is 43.6. The molecule has 1 fully saturated rings. The van der Waals surface area contributed by atoms with Gasteiger partial charge in [0, 0.05) is 11.8 Å². The summed E-state index contributed by atoms with van der Waals surface area (Å²) in [6, 6.07) is 0. The zero-order valence-electron chi connectivity index (χ0n) is 8.05. The molecule has 0 amide bonds. The number of Topliss-reactive ketones (excluding diaryl/α,β-unsaturated/α-hetero) is 1. The molecule has 2 atom stereocenters. The van der Waals surface area contributed by atoms with Crippen molar-refractivity contribution in [1.82, 2.24) is 0 Å². The lowest BCUT2D eigenvalue weighted by molar-refractivity contribution is -0.134. The Labute approximate surface area is 73.8 Å². The third kappa shape index (κ3) is 0.886. The van der Waals surface area contributed by atoms with Gasteiger partial charge >= 0.3 is 0 Å². The highest BCUT2D eigenvalue weighted by Crippen LogP contribution is 2.52. The molecule has 0 radical (unpaired) electrons. The average molecular weight is 164 g/mol. The number of hydrogen-bond donors (Lipinski definition) is 0. The molecule has 0 saturated heterocycles. The smallest absolute Gasteiger partial charge is 0.143 e. The third-order valence-corrected chi connectivity index (χ3v) is 3.57. The first-order valence-electron chi connectivity index (χ1n) is 4.67. The van der Waals surface area contributed by atoms with Crippen molar-refractivity contribution in [2.45, 2.75) is 33.6 Å². The Hall–Kier alpha value is -0.590. The Kier molecular flexibility index (Phi) is 1.35. The minimum Gasteiger partial charge on any atom is -0.299 e. The molecule has 0 aromatic rings.